The van der Waals surface area contributed by atoms with Crippen molar-refractivity contribution in [2.75, 3.05) is 12.4 Å². The van der Waals surface area contributed by atoms with Crippen molar-refractivity contribution in [3.05, 3.63) is 52.8 Å². The average molecular weight is 370 g/mol. The summed E-state index contributed by atoms with van der Waals surface area (Å²) in [7, 11) is -2.15. The first kappa shape index (κ1) is 15.6. The van der Waals surface area contributed by atoms with Crippen LogP contribution in [0.25, 0.3) is 0 Å². The summed E-state index contributed by atoms with van der Waals surface area (Å²) in [6.07, 6.45) is 0. The fourth-order valence-corrected chi connectivity index (χ4v) is 2.64. The van der Waals surface area contributed by atoms with Crippen molar-refractivity contribution < 1.29 is 13.2 Å². The summed E-state index contributed by atoms with van der Waals surface area (Å²) in [5, 5.41) is 2.64. The third-order valence-corrected chi connectivity index (χ3v) is 4.51. The van der Waals surface area contributed by atoms with E-state index < -0.39 is 10.0 Å². The van der Waals surface area contributed by atoms with Crippen molar-refractivity contribution in [1.29, 1.82) is 0 Å². The van der Waals surface area contributed by atoms with Crippen LogP contribution < -0.4 is 10.0 Å². The highest BCUT2D eigenvalue weighted by molar-refractivity contribution is 9.10. The predicted octanol–water partition coefficient (Wildman–Crippen LogP) is 2.00. The number of benzene rings is 1. The molecule has 0 aliphatic rings. The van der Waals surface area contributed by atoms with E-state index in [4.69, 9.17) is 0 Å². The molecule has 0 saturated heterocycles. The van der Waals surface area contributed by atoms with Gasteiger partial charge in [0.2, 0.25) is 10.0 Å². The van der Waals surface area contributed by atoms with E-state index in [1.54, 1.807) is 18.2 Å². The van der Waals surface area contributed by atoms with E-state index in [0.717, 1.165) is 0 Å². The Morgan fingerprint density at radius 1 is 1.14 bits per heavy atom. The molecule has 1 aromatic carbocycles. The van der Waals surface area contributed by atoms with Gasteiger partial charge in [-0.25, -0.2) is 18.1 Å². The molecule has 1 heterocycles. The number of carbonyl (C=O) groups excluding carboxylic acids is 1. The molecular weight excluding hydrogens is 358 g/mol. The van der Waals surface area contributed by atoms with Gasteiger partial charge in [-0.05, 0) is 59.4 Å². The molecule has 1 amide bonds. The molecule has 0 unspecified atom stereocenters. The molecule has 0 spiro atoms. The van der Waals surface area contributed by atoms with Crippen molar-refractivity contribution in [1.82, 2.24) is 9.71 Å². The lowest BCUT2D eigenvalue weighted by Gasteiger charge is -2.06. The van der Waals surface area contributed by atoms with Crippen LogP contribution in [0.2, 0.25) is 0 Å². The van der Waals surface area contributed by atoms with Gasteiger partial charge in [-0.3, -0.25) is 4.79 Å². The van der Waals surface area contributed by atoms with Crippen molar-refractivity contribution in [3.8, 4) is 0 Å². The molecule has 0 aliphatic heterocycles. The molecule has 1 aromatic heterocycles. The first-order chi connectivity index (χ1) is 9.92. The van der Waals surface area contributed by atoms with Crippen molar-refractivity contribution >= 4 is 37.5 Å². The highest BCUT2D eigenvalue weighted by Crippen LogP contribution is 2.15. The molecule has 110 valence electrons. The topological polar surface area (TPSA) is 88.2 Å². The van der Waals surface area contributed by atoms with Gasteiger partial charge in [0.25, 0.3) is 5.91 Å². The van der Waals surface area contributed by atoms with Crippen molar-refractivity contribution in [2.45, 2.75) is 4.90 Å². The zero-order valence-corrected chi connectivity index (χ0v) is 13.4. The first-order valence-corrected chi connectivity index (χ1v) is 8.17. The monoisotopic (exact) mass is 369 g/mol. The van der Waals surface area contributed by atoms with Gasteiger partial charge in [0.05, 0.1) is 4.90 Å². The van der Waals surface area contributed by atoms with Crippen LogP contribution in [-0.4, -0.2) is 26.4 Å². The summed E-state index contributed by atoms with van der Waals surface area (Å²) in [5.41, 5.74) is 0.744. The largest absolute Gasteiger partial charge is 0.321 e. The van der Waals surface area contributed by atoms with Crippen LogP contribution in [0.4, 0.5) is 5.69 Å². The molecule has 0 radical (unpaired) electrons. The number of anilines is 1. The van der Waals surface area contributed by atoms with Crippen LogP contribution >= 0.6 is 15.9 Å². The average Bonchev–Trinajstić information content (AvgIpc) is 2.48. The zero-order chi connectivity index (χ0) is 15.5. The van der Waals surface area contributed by atoms with Crippen LogP contribution in [0, 0.1) is 0 Å². The number of aromatic nitrogens is 1. The molecule has 21 heavy (non-hydrogen) atoms. The first-order valence-electron chi connectivity index (χ1n) is 5.90. The quantitative estimate of drug-likeness (QED) is 0.806. The second-order valence-electron chi connectivity index (χ2n) is 4.03. The van der Waals surface area contributed by atoms with E-state index in [1.807, 2.05) is 0 Å². The van der Waals surface area contributed by atoms with Crippen LogP contribution in [0.1, 0.15) is 10.5 Å². The number of hydrogen-bond acceptors (Lipinski definition) is 4. The Balaban J connectivity index is 2.16. The number of halogens is 1. The van der Waals surface area contributed by atoms with E-state index in [2.05, 4.69) is 31.0 Å². The Morgan fingerprint density at radius 2 is 1.81 bits per heavy atom. The number of sulfonamides is 1. The summed E-state index contributed by atoms with van der Waals surface area (Å²) >= 11 is 3.19. The number of nitrogens with zero attached hydrogens (tertiary/aromatic N) is 1. The van der Waals surface area contributed by atoms with Gasteiger partial charge in [0.1, 0.15) is 10.3 Å². The molecule has 6 nitrogen and oxygen atoms in total. The van der Waals surface area contributed by atoms with E-state index in [0.29, 0.717) is 10.3 Å². The van der Waals surface area contributed by atoms with Crippen LogP contribution in [0.15, 0.2) is 52.0 Å². The molecule has 0 fully saturated rings. The summed E-state index contributed by atoms with van der Waals surface area (Å²) in [6, 6.07) is 10.9. The van der Waals surface area contributed by atoms with Gasteiger partial charge in [-0.1, -0.05) is 6.07 Å². The van der Waals surface area contributed by atoms with E-state index >= 15 is 0 Å². The predicted molar refractivity (Wildman–Crippen MR) is 82.6 cm³/mol. The normalized spacial score (nSPS) is 11.1. The number of nitrogens with one attached hydrogen (secondary N) is 2. The third-order valence-electron chi connectivity index (χ3n) is 2.64. The molecule has 0 aliphatic carbocycles. The Hall–Kier alpha value is -1.77. The van der Waals surface area contributed by atoms with Crippen molar-refractivity contribution in [3.63, 3.8) is 0 Å². The number of hydrogen-bond donors (Lipinski definition) is 2. The molecule has 0 bridgehead atoms. The summed E-state index contributed by atoms with van der Waals surface area (Å²) in [4.78, 5) is 16.1. The Labute approximate surface area is 130 Å². The van der Waals surface area contributed by atoms with E-state index in [9.17, 15) is 13.2 Å². The second kappa shape index (κ2) is 6.33. The molecule has 0 atom stereocenters. The summed E-state index contributed by atoms with van der Waals surface area (Å²) < 4.78 is 25.9. The molecule has 8 heteroatoms. The molecule has 2 N–H and O–H groups in total. The summed E-state index contributed by atoms with van der Waals surface area (Å²) in [5.74, 6) is -0.375. The van der Waals surface area contributed by atoms with Gasteiger partial charge in [0.15, 0.2) is 0 Å². The van der Waals surface area contributed by atoms with Gasteiger partial charge in [0, 0.05) is 5.69 Å². The molecular formula is C13H12BrN3O3S. The van der Waals surface area contributed by atoms with Gasteiger partial charge in [-0.2, -0.15) is 0 Å². The molecule has 2 rings (SSSR count). The third kappa shape index (κ3) is 3.87. The van der Waals surface area contributed by atoms with Gasteiger partial charge < -0.3 is 5.32 Å². The van der Waals surface area contributed by atoms with E-state index in [-0.39, 0.29) is 16.5 Å². The highest BCUT2D eigenvalue weighted by atomic mass is 79.9. The maximum absolute atomic E-state index is 12.0. The number of amides is 1. The minimum Gasteiger partial charge on any atom is -0.321 e. The highest BCUT2D eigenvalue weighted by Gasteiger charge is 2.12. The fourth-order valence-electron chi connectivity index (χ4n) is 1.57. The number of rotatable bonds is 4. The maximum atomic E-state index is 12.0. The fraction of sp³-hybridized carbons (Fsp3) is 0.0769. The number of carbonyl (C=O) groups is 1. The smallest absolute Gasteiger partial charge is 0.274 e. The summed E-state index contributed by atoms with van der Waals surface area (Å²) in [6.45, 7) is 0. The Morgan fingerprint density at radius 3 is 2.38 bits per heavy atom. The SMILES string of the molecule is CNS(=O)(=O)c1ccc(NC(=O)c2cccc(Br)n2)cc1. The minimum atomic E-state index is -3.48. The van der Waals surface area contributed by atoms with Crippen LogP contribution in [-0.2, 0) is 10.0 Å². The Bertz CT molecular complexity index is 760. The lowest BCUT2D eigenvalue weighted by Crippen LogP contribution is -2.18. The van der Waals surface area contributed by atoms with Crippen LogP contribution in [0.3, 0.4) is 0 Å². The minimum absolute atomic E-state index is 0.128. The molecule has 0 saturated carbocycles. The lowest BCUT2D eigenvalue weighted by atomic mass is 10.3. The maximum Gasteiger partial charge on any atom is 0.274 e. The van der Waals surface area contributed by atoms with Gasteiger partial charge in [-0.15, -0.1) is 0 Å². The molecule has 2 aromatic rings. The van der Waals surface area contributed by atoms with Crippen LogP contribution in [0.5, 0.6) is 0 Å². The second-order valence-corrected chi connectivity index (χ2v) is 6.73. The van der Waals surface area contributed by atoms with Gasteiger partial charge >= 0.3 is 0 Å². The van der Waals surface area contributed by atoms with E-state index in [1.165, 1.54) is 31.3 Å². The zero-order valence-electron chi connectivity index (χ0n) is 11.0. The standard InChI is InChI=1S/C13H12BrN3O3S/c1-15-21(19,20)10-7-5-9(6-8-10)16-13(18)11-3-2-4-12(14)17-11/h2-8,15H,1H3,(H,16,18). The van der Waals surface area contributed by atoms with Crippen molar-refractivity contribution in [2.24, 2.45) is 0 Å². The number of pyridine rings is 1. The Kier molecular flexibility index (Phi) is 4.71. The lowest BCUT2D eigenvalue weighted by molar-refractivity contribution is 0.102.